The molecule has 0 unspecified atom stereocenters. The van der Waals surface area contributed by atoms with Gasteiger partial charge in [-0.25, -0.2) is 4.68 Å². The Balaban J connectivity index is 1.64. The van der Waals surface area contributed by atoms with E-state index in [0.717, 1.165) is 32.4 Å². The zero-order valence-corrected chi connectivity index (χ0v) is 15.7. The van der Waals surface area contributed by atoms with E-state index in [0.29, 0.717) is 21.7 Å². The lowest BCUT2D eigenvalue weighted by Gasteiger charge is -2.25. The summed E-state index contributed by atoms with van der Waals surface area (Å²) in [6.45, 7) is 1.96. The van der Waals surface area contributed by atoms with Crippen LogP contribution in [0, 0.1) is 4.77 Å². The Kier molecular flexibility index (Phi) is 5.11. The zero-order valence-electron chi connectivity index (χ0n) is 14.9. The second-order valence-electron chi connectivity index (χ2n) is 6.59. The Bertz CT molecular complexity index is 947. The van der Waals surface area contributed by atoms with Crippen LogP contribution in [0.1, 0.15) is 30.7 Å². The third-order valence-electron chi connectivity index (χ3n) is 4.57. The normalized spacial score (nSPS) is 17.5. The molecule has 0 N–H and O–H groups in total. The van der Waals surface area contributed by atoms with E-state index in [1.54, 1.807) is 18.2 Å². The fourth-order valence-electron chi connectivity index (χ4n) is 3.18. The quantitative estimate of drug-likeness (QED) is 0.567. The molecule has 2 aliphatic heterocycles. The Morgan fingerprint density at radius 3 is 2.64 bits per heavy atom. The first-order chi connectivity index (χ1) is 13.4. The van der Waals surface area contributed by atoms with Crippen LogP contribution in [0.3, 0.4) is 0 Å². The average molecular weight is 413 g/mol. The lowest BCUT2D eigenvalue weighted by atomic mass is 10.1. The van der Waals surface area contributed by atoms with E-state index in [-0.39, 0.29) is 18.2 Å². The van der Waals surface area contributed by atoms with Gasteiger partial charge in [-0.3, -0.25) is 4.90 Å². The summed E-state index contributed by atoms with van der Waals surface area (Å²) in [4.78, 5) is 2.04. The number of nitrogens with zero attached hydrogens (tertiary/aromatic N) is 5. The van der Waals surface area contributed by atoms with Crippen molar-refractivity contribution >= 4 is 18.4 Å². The van der Waals surface area contributed by atoms with Gasteiger partial charge >= 0.3 is 6.18 Å². The molecule has 0 radical (unpaired) electrons. The summed E-state index contributed by atoms with van der Waals surface area (Å²) in [6, 6.07) is 4.99. The van der Waals surface area contributed by atoms with E-state index in [9.17, 15) is 13.2 Å². The largest absolute Gasteiger partial charge is 0.454 e. The maximum absolute atomic E-state index is 13.5. The molecule has 28 heavy (non-hydrogen) atoms. The van der Waals surface area contributed by atoms with Gasteiger partial charge in [-0.15, -0.1) is 5.10 Å². The molecule has 1 aromatic heterocycles. The van der Waals surface area contributed by atoms with E-state index < -0.39 is 12.0 Å². The van der Waals surface area contributed by atoms with E-state index in [1.165, 1.54) is 10.9 Å². The molecule has 7 nitrogen and oxygen atoms in total. The number of fused-ring (bicyclic) bond motifs is 1. The molecule has 4 rings (SSSR count). The summed E-state index contributed by atoms with van der Waals surface area (Å²) in [6.07, 6.45) is -0.221. The average Bonchev–Trinajstić information content (AvgIpc) is 3.25. The standard InChI is InChI=1S/C17H18F3N5O2S/c18-17(19,20)15-22-24(10-23-6-2-1-3-7-23)16(28)25(15)21-9-12-4-5-13-14(8-12)27-11-26-13/h4-5,8-9H,1-3,6-7,10-11H2/b21-9-. The number of ether oxygens (including phenoxy) is 2. The van der Waals surface area contributed by atoms with Crippen LogP contribution < -0.4 is 9.47 Å². The van der Waals surface area contributed by atoms with Crippen LogP contribution in [0.25, 0.3) is 0 Å². The molecule has 150 valence electrons. The highest BCUT2D eigenvalue weighted by Gasteiger charge is 2.39. The number of halogens is 3. The van der Waals surface area contributed by atoms with Gasteiger partial charge in [-0.2, -0.15) is 22.9 Å². The lowest BCUT2D eigenvalue weighted by molar-refractivity contribution is -0.147. The number of likely N-dealkylation sites (tertiary alicyclic amines) is 1. The fourth-order valence-corrected chi connectivity index (χ4v) is 3.41. The van der Waals surface area contributed by atoms with Crippen molar-refractivity contribution in [2.24, 2.45) is 5.10 Å². The molecular formula is C17H18F3N5O2S. The first-order valence-electron chi connectivity index (χ1n) is 8.85. The Morgan fingerprint density at radius 1 is 1.14 bits per heavy atom. The molecule has 0 saturated carbocycles. The lowest BCUT2D eigenvalue weighted by Crippen LogP contribution is -2.32. The van der Waals surface area contributed by atoms with Crippen molar-refractivity contribution in [1.29, 1.82) is 0 Å². The molecule has 1 fully saturated rings. The summed E-state index contributed by atoms with van der Waals surface area (Å²) in [5.74, 6) is -0.0463. The van der Waals surface area contributed by atoms with Crippen molar-refractivity contribution in [2.75, 3.05) is 19.9 Å². The van der Waals surface area contributed by atoms with E-state index in [1.807, 2.05) is 4.90 Å². The smallest absolute Gasteiger partial charge is 0.453 e. The third-order valence-corrected chi connectivity index (χ3v) is 4.96. The summed E-state index contributed by atoms with van der Waals surface area (Å²) in [7, 11) is 0. The second-order valence-corrected chi connectivity index (χ2v) is 6.96. The van der Waals surface area contributed by atoms with Gasteiger partial charge < -0.3 is 9.47 Å². The van der Waals surface area contributed by atoms with E-state index in [4.69, 9.17) is 21.7 Å². The van der Waals surface area contributed by atoms with Crippen molar-refractivity contribution in [1.82, 2.24) is 19.4 Å². The second kappa shape index (κ2) is 7.55. The van der Waals surface area contributed by atoms with Gasteiger partial charge in [-0.1, -0.05) is 6.42 Å². The minimum Gasteiger partial charge on any atom is -0.454 e. The van der Waals surface area contributed by atoms with Gasteiger partial charge in [-0.05, 0) is 61.9 Å². The van der Waals surface area contributed by atoms with E-state index >= 15 is 0 Å². The minimum absolute atomic E-state index is 0.102. The Labute approximate surface area is 164 Å². The van der Waals surface area contributed by atoms with Crippen LogP contribution >= 0.6 is 12.2 Å². The number of hydrogen-bond acceptors (Lipinski definition) is 6. The maximum Gasteiger partial charge on any atom is 0.453 e. The number of rotatable bonds is 4. The van der Waals surface area contributed by atoms with Crippen molar-refractivity contribution in [2.45, 2.75) is 32.1 Å². The highest BCUT2D eigenvalue weighted by molar-refractivity contribution is 7.71. The molecule has 0 aliphatic carbocycles. The topological polar surface area (TPSA) is 56.8 Å². The molecule has 0 amide bonds. The van der Waals surface area contributed by atoms with Crippen molar-refractivity contribution in [3.05, 3.63) is 34.4 Å². The van der Waals surface area contributed by atoms with Gasteiger partial charge in [0.2, 0.25) is 11.6 Å². The Hall–Kier alpha value is -2.40. The van der Waals surface area contributed by atoms with Gasteiger partial charge in [0, 0.05) is 0 Å². The number of piperidine rings is 1. The molecule has 2 aliphatic rings. The maximum atomic E-state index is 13.5. The van der Waals surface area contributed by atoms with Crippen molar-refractivity contribution < 1.29 is 22.6 Å². The predicted molar refractivity (Wildman–Crippen MR) is 97.0 cm³/mol. The highest BCUT2D eigenvalue weighted by Crippen LogP contribution is 2.32. The fraction of sp³-hybridized carbons (Fsp3) is 0.471. The summed E-state index contributed by atoms with van der Waals surface area (Å²) < 4.78 is 52.6. The molecule has 0 bridgehead atoms. The van der Waals surface area contributed by atoms with Crippen LogP contribution in [0.4, 0.5) is 13.2 Å². The van der Waals surface area contributed by atoms with Crippen LogP contribution in [0.2, 0.25) is 0 Å². The molecule has 2 aromatic rings. The van der Waals surface area contributed by atoms with Gasteiger partial charge in [0.05, 0.1) is 12.9 Å². The van der Waals surface area contributed by atoms with Crippen LogP contribution in [-0.4, -0.2) is 45.5 Å². The van der Waals surface area contributed by atoms with Crippen LogP contribution in [0.5, 0.6) is 11.5 Å². The van der Waals surface area contributed by atoms with Crippen LogP contribution in [-0.2, 0) is 12.8 Å². The number of benzene rings is 1. The summed E-state index contributed by atoms with van der Waals surface area (Å²) in [5, 5.41) is 7.65. The first-order valence-corrected chi connectivity index (χ1v) is 9.26. The third kappa shape index (κ3) is 3.90. The van der Waals surface area contributed by atoms with Crippen molar-refractivity contribution in [3.8, 4) is 11.5 Å². The molecule has 0 spiro atoms. The molecule has 0 atom stereocenters. The zero-order chi connectivity index (χ0) is 19.7. The minimum atomic E-state index is -4.67. The van der Waals surface area contributed by atoms with Gasteiger partial charge in [0.15, 0.2) is 11.5 Å². The summed E-state index contributed by atoms with van der Waals surface area (Å²) in [5.41, 5.74) is 0.558. The Morgan fingerprint density at radius 2 is 1.89 bits per heavy atom. The van der Waals surface area contributed by atoms with Crippen molar-refractivity contribution in [3.63, 3.8) is 0 Å². The van der Waals surface area contributed by atoms with E-state index in [2.05, 4.69) is 10.2 Å². The molecule has 1 saturated heterocycles. The first kappa shape index (κ1) is 18.9. The monoisotopic (exact) mass is 413 g/mol. The predicted octanol–water partition coefficient (Wildman–Crippen LogP) is 3.49. The molecule has 11 heteroatoms. The highest BCUT2D eigenvalue weighted by atomic mass is 32.1. The molecule has 3 heterocycles. The van der Waals surface area contributed by atoms with Gasteiger partial charge in [0.1, 0.15) is 0 Å². The SMILES string of the molecule is FC(F)(F)c1nn(CN2CCCCC2)c(=S)n1/N=C\c1ccc2c(c1)OCO2. The molecular weight excluding hydrogens is 395 g/mol. The molecule has 1 aromatic carbocycles. The number of hydrogen-bond donors (Lipinski definition) is 0. The van der Waals surface area contributed by atoms with Gasteiger partial charge in [0.25, 0.3) is 5.82 Å². The number of alkyl halides is 3. The number of aromatic nitrogens is 3. The van der Waals surface area contributed by atoms with Crippen LogP contribution in [0.15, 0.2) is 23.3 Å². The summed E-state index contributed by atoms with van der Waals surface area (Å²) >= 11 is 5.22.